The van der Waals surface area contributed by atoms with Crippen LogP contribution in [0.3, 0.4) is 0 Å². The summed E-state index contributed by atoms with van der Waals surface area (Å²) in [4.78, 5) is 33.4. The topological polar surface area (TPSA) is 99.6 Å². The quantitative estimate of drug-likeness (QED) is 0.290. The first kappa shape index (κ1) is 22.6. The molecule has 0 saturated heterocycles. The highest BCUT2D eigenvalue weighted by Crippen LogP contribution is 2.39. The highest BCUT2D eigenvalue weighted by Gasteiger charge is 2.23. The SMILES string of the molecule is CCOC(=O)c1c(-c2ccc(OC)c(OC)c2)csc1NC(=O)CSc1ncccn1. The minimum absolute atomic E-state index is 0.107. The lowest BCUT2D eigenvalue weighted by atomic mass is 10.0. The Labute approximate surface area is 188 Å². The van der Waals surface area contributed by atoms with Crippen LogP contribution in [0.5, 0.6) is 11.5 Å². The van der Waals surface area contributed by atoms with Crippen LogP contribution >= 0.6 is 23.1 Å². The summed E-state index contributed by atoms with van der Waals surface area (Å²) < 4.78 is 15.9. The van der Waals surface area contributed by atoms with Gasteiger partial charge in [-0.15, -0.1) is 11.3 Å². The molecule has 3 rings (SSSR count). The monoisotopic (exact) mass is 459 g/mol. The van der Waals surface area contributed by atoms with Crippen molar-refractivity contribution in [3.05, 3.63) is 47.6 Å². The summed E-state index contributed by atoms with van der Waals surface area (Å²) in [7, 11) is 3.10. The molecule has 2 heterocycles. The number of nitrogens with one attached hydrogen (secondary N) is 1. The highest BCUT2D eigenvalue weighted by molar-refractivity contribution is 7.99. The van der Waals surface area contributed by atoms with Crippen molar-refractivity contribution < 1.29 is 23.8 Å². The van der Waals surface area contributed by atoms with E-state index in [1.54, 1.807) is 57.1 Å². The fraction of sp³-hybridized carbons (Fsp3) is 0.238. The molecule has 8 nitrogen and oxygen atoms in total. The molecule has 31 heavy (non-hydrogen) atoms. The lowest BCUT2D eigenvalue weighted by Gasteiger charge is -2.11. The second-order valence-electron chi connectivity index (χ2n) is 6.01. The fourth-order valence-electron chi connectivity index (χ4n) is 2.72. The first-order chi connectivity index (χ1) is 15.1. The molecule has 0 aliphatic rings. The molecule has 2 aromatic heterocycles. The number of thiophene rings is 1. The summed E-state index contributed by atoms with van der Waals surface area (Å²) in [6, 6.07) is 7.06. The molecule has 1 aromatic carbocycles. The minimum atomic E-state index is -0.511. The molecular weight excluding hydrogens is 438 g/mol. The van der Waals surface area contributed by atoms with Gasteiger partial charge in [-0.05, 0) is 30.7 Å². The Morgan fingerprint density at radius 3 is 2.55 bits per heavy atom. The summed E-state index contributed by atoms with van der Waals surface area (Å²) in [6.45, 7) is 1.95. The predicted octanol–water partition coefficient (Wildman–Crippen LogP) is 4.13. The minimum Gasteiger partial charge on any atom is -0.493 e. The van der Waals surface area contributed by atoms with Crippen molar-refractivity contribution in [2.45, 2.75) is 12.1 Å². The molecule has 0 unspecified atom stereocenters. The molecule has 1 N–H and O–H groups in total. The number of amides is 1. The van der Waals surface area contributed by atoms with E-state index in [9.17, 15) is 9.59 Å². The van der Waals surface area contributed by atoms with E-state index in [4.69, 9.17) is 14.2 Å². The third-order valence-electron chi connectivity index (χ3n) is 4.09. The number of hydrogen-bond acceptors (Lipinski definition) is 9. The zero-order valence-corrected chi connectivity index (χ0v) is 18.8. The maximum absolute atomic E-state index is 12.7. The van der Waals surface area contributed by atoms with Crippen molar-refractivity contribution in [1.82, 2.24) is 9.97 Å². The van der Waals surface area contributed by atoms with Crippen LogP contribution in [0.25, 0.3) is 11.1 Å². The van der Waals surface area contributed by atoms with E-state index in [1.807, 2.05) is 6.07 Å². The second kappa shape index (κ2) is 10.8. The van der Waals surface area contributed by atoms with Gasteiger partial charge in [0.2, 0.25) is 5.91 Å². The van der Waals surface area contributed by atoms with E-state index in [2.05, 4.69) is 15.3 Å². The van der Waals surface area contributed by atoms with E-state index < -0.39 is 5.97 Å². The molecule has 0 fully saturated rings. The summed E-state index contributed by atoms with van der Waals surface area (Å²) in [5, 5.41) is 5.53. The largest absolute Gasteiger partial charge is 0.493 e. The van der Waals surface area contributed by atoms with Crippen LogP contribution < -0.4 is 14.8 Å². The van der Waals surface area contributed by atoms with Gasteiger partial charge in [0.25, 0.3) is 0 Å². The van der Waals surface area contributed by atoms with Gasteiger partial charge in [-0.2, -0.15) is 0 Å². The average Bonchev–Trinajstić information content (AvgIpc) is 3.21. The molecule has 0 radical (unpaired) electrons. The zero-order valence-electron chi connectivity index (χ0n) is 17.2. The molecular formula is C21H21N3O5S2. The maximum Gasteiger partial charge on any atom is 0.341 e. The summed E-state index contributed by atoms with van der Waals surface area (Å²) >= 11 is 2.46. The van der Waals surface area contributed by atoms with Gasteiger partial charge in [0.15, 0.2) is 16.7 Å². The smallest absolute Gasteiger partial charge is 0.341 e. The standard InChI is InChI=1S/C21H21N3O5S2/c1-4-29-20(26)18-14(13-6-7-15(27-2)16(10-13)28-3)11-30-19(18)24-17(25)12-31-21-22-8-5-9-23-21/h5-11H,4,12H2,1-3H3,(H,24,25). The molecule has 10 heteroatoms. The van der Waals surface area contributed by atoms with Gasteiger partial charge in [0.1, 0.15) is 10.6 Å². The Kier molecular flexibility index (Phi) is 7.85. The van der Waals surface area contributed by atoms with Gasteiger partial charge >= 0.3 is 5.97 Å². The van der Waals surface area contributed by atoms with Crippen LogP contribution in [0.2, 0.25) is 0 Å². The molecule has 0 aliphatic heterocycles. The molecule has 1 amide bonds. The molecule has 0 atom stereocenters. The number of nitrogens with zero attached hydrogens (tertiary/aromatic N) is 2. The molecule has 0 bridgehead atoms. The summed E-state index contributed by atoms with van der Waals surface area (Å²) in [5.41, 5.74) is 1.68. The van der Waals surface area contributed by atoms with Crippen molar-refractivity contribution >= 4 is 40.0 Å². The molecule has 0 aliphatic carbocycles. The Balaban J connectivity index is 1.87. The van der Waals surface area contributed by atoms with Crippen LogP contribution in [0, 0.1) is 0 Å². The summed E-state index contributed by atoms with van der Waals surface area (Å²) in [6.07, 6.45) is 3.22. The number of carbonyl (C=O) groups is 2. The van der Waals surface area contributed by atoms with Gasteiger partial charge in [0.05, 0.1) is 26.6 Å². The third-order valence-corrected chi connectivity index (χ3v) is 5.86. The van der Waals surface area contributed by atoms with Crippen molar-refractivity contribution in [2.24, 2.45) is 0 Å². The van der Waals surface area contributed by atoms with Gasteiger partial charge in [-0.1, -0.05) is 17.8 Å². The van der Waals surface area contributed by atoms with Crippen LogP contribution in [0.1, 0.15) is 17.3 Å². The number of hydrogen-bond donors (Lipinski definition) is 1. The van der Waals surface area contributed by atoms with E-state index in [1.165, 1.54) is 23.1 Å². The first-order valence-electron chi connectivity index (χ1n) is 9.28. The van der Waals surface area contributed by atoms with Crippen molar-refractivity contribution in [2.75, 3.05) is 31.9 Å². The Morgan fingerprint density at radius 1 is 1.13 bits per heavy atom. The van der Waals surface area contributed by atoms with Crippen LogP contribution in [-0.2, 0) is 9.53 Å². The summed E-state index contributed by atoms with van der Waals surface area (Å²) in [5.74, 6) is 0.431. The average molecular weight is 460 g/mol. The van der Waals surface area contributed by atoms with E-state index in [0.717, 1.165) is 5.56 Å². The normalized spacial score (nSPS) is 10.4. The van der Waals surface area contributed by atoms with Gasteiger partial charge in [-0.3, -0.25) is 4.79 Å². The number of ether oxygens (including phenoxy) is 3. The molecule has 0 saturated carbocycles. The van der Waals surface area contributed by atoms with Crippen LogP contribution in [0.4, 0.5) is 5.00 Å². The number of aromatic nitrogens is 2. The lowest BCUT2D eigenvalue weighted by Crippen LogP contribution is -2.16. The van der Waals surface area contributed by atoms with E-state index in [0.29, 0.717) is 32.8 Å². The number of rotatable bonds is 9. The van der Waals surface area contributed by atoms with Gasteiger partial charge < -0.3 is 19.5 Å². The molecule has 162 valence electrons. The van der Waals surface area contributed by atoms with Crippen molar-refractivity contribution in [3.8, 4) is 22.6 Å². The Hall–Kier alpha value is -3.11. The zero-order chi connectivity index (χ0) is 22.2. The maximum atomic E-state index is 12.7. The van der Waals surface area contributed by atoms with Crippen LogP contribution in [-0.4, -0.2) is 48.4 Å². The van der Waals surface area contributed by atoms with Crippen LogP contribution in [0.15, 0.2) is 47.2 Å². The molecule has 0 spiro atoms. The van der Waals surface area contributed by atoms with Crippen molar-refractivity contribution in [3.63, 3.8) is 0 Å². The first-order valence-corrected chi connectivity index (χ1v) is 11.1. The number of benzene rings is 1. The predicted molar refractivity (Wildman–Crippen MR) is 120 cm³/mol. The van der Waals surface area contributed by atoms with Crippen molar-refractivity contribution in [1.29, 1.82) is 0 Å². The van der Waals surface area contributed by atoms with Gasteiger partial charge in [-0.25, -0.2) is 14.8 Å². The lowest BCUT2D eigenvalue weighted by molar-refractivity contribution is -0.113. The highest BCUT2D eigenvalue weighted by atomic mass is 32.2. The number of carbonyl (C=O) groups excluding carboxylic acids is 2. The van der Waals surface area contributed by atoms with E-state index in [-0.39, 0.29) is 18.3 Å². The molecule has 3 aromatic rings. The fourth-order valence-corrected chi connectivity index (χ4v) is 4.30. The Bertz CT molecular complexity index is 1060. The third kappa shape index (κ3) is 5.53. The number of anilines is 1. The van der Waals surface area contributed by atoms with E-state index >= 15 is 0 Å². The number of esters is 1. The number of methoxy groups -OCH3 is 2. The second-order valence-corrected chi connectivity index (χ2v) is 7.83. The van der Waals surface area contributed by atoms with Gasteiger partial charge in [0, 0.05) is 23.3 Å². The number of thioether (sulfide) groups is 1. The Morgan fingerprint density at radius 2 is 1.87 bits per heavy atom.